The van der Waals surface area contributed by atoms with Crippen LogP contribution in [-0.2, 0) is 14.6 Å². The van der Waals surface area contributed by atoms with Gasteiger partial charge in [-0.2, -0.15) is 0 Å². The first-order valence-electron chi connectivity index (χ1n) is 7.85. The molecule has 0 aliphatic heterocycles. The first kappa shape index (κ1) is 19.9. The van der Waals surface area contributed by atoms with E-state index < -0.39 is 27.7 Å². The molecule has 2 amide bonds. The van der Waals surface area contributed by atoms with Crippen LogP contribution in [-0.4, -0.2) is 38.3 Å². The number of carbonyl (C=O) groups excluding carboxylic acids is 2. The average Bonchev–Trinajstić information content (AvgIpc) is 2.60. The van der Waals surface area contributed by atoms with Crippen LogP contribution in [0.15, 0.2) is 54.6 Å². The maximum atomic E-state index is 12.5. The molecule has 0 fully saturated rings. The Morgan fingerprint density at radius 1 is 1.04 bits per heavy atom. The molecule has 2 aromatic carbocycles. The van der Waals surface area contributed by atoms with Gasteiger partial charge in [-0.15, -0.1) is 0 Å². The lowest BCUT2D eigenvalue weighted by molar-refractivity contribution is -0.118. The summed E-state index contributed by atoms with van der Waals surface area (Å²) in [6.45, 7) is 0. The molecule has 0 aromatic heterocycles. The number of rotatable bonds is 7. The number of hydrogen-bond donors (Lipinski definition) is 2. The summed E-state index contributed by atoms with van der Waals surface area (Å²) in [6.07, 6.45) is 1.05. The molecule has 2 rings (SSSR count). The van der Waals surface area contributed by atoms with E-state index in [0.717, 1.165) is 6.26 Å². The molecule has 2 N–H and O–H groups in total. The third-order valence-corrected chi connectivity index (χ3v) is 4.78. The number of anilines is 1. The van der Waals surface area contributed by atoms with Crippen molar-refractivity contribution < 1.29 is 18.0 Å². The largest absolute Gasteiger partial charge is 0.340 e. The van der Waals surface area contributed by atoms with Gasteiger partial charge in [0.15, 0.2) is 0 Å². The zero-order valence-corrected chi connectivity index (χ0v) is 15.7. The Kier molecular flexibility index (Phi) is 6.76. The van der Waals surface area contributed by atoms with E-state index in [1.807, 2.05) is 0 Å². The number of halogens is 1. The fourth-order valence-electron chi connectivity index (χ4n) is 2.19. The van der Waals surface area contributed by atoms with Gasteiger partial charge in [0.05, 0.1) is 5.75 Å². The topological polar surface area (TPSA) is 92.3 Å². The van der Waals surface area contributed by atoms with E-state index in [4.69, 9.17) is 11.6 Å². The minimum Gasteiger partial charge on any atom is -0.340 e. The number of amides is 2. The van der Waals surface area contributed by atoms with E-state index in [2.05, 4.69) is 10.6 Å². The highest BCUT2D eigenvalue weighted by molar-refractivity contribution is 7.90. The molecule has 0 spiro atoms. The molecule has 138 valence electrons. The summed E-state index contributed by atoms with van der Waals surface area (Å²) in [5.41, 5.74) is 0.883. The molecular formula is C18H19ClN2O4S. The number of hydrogen-bond acceptors (Lipinski definition) is 4. The van der Waals surface area contributed by atoms with Crippen molar-refractivity contribution in [3.05, 3.63) is 65.2 Å². The Labute approximate surface area is 157 Å². The second-order valence-corrected chi connectivity index (χ2v) is 8.50. The van der Waals surface area contributed by atoms with Crippen molar-refractivity contribution in [2.45, 2.75) is 12.5 Å². The van der Waals surface area contributed by atoms with Crippen LogP contribution < -0.4 is 10.6 Å². The molecule has 0 bridgehead atoms. The summed E-state index contributed by atoms with van der Waals surface area (Å²) in [7, 11) is -3.28. The van der Waals surface area contributed by atoms with Gasteiger partial charge >= 0.3 is 0 Å². The third-order valence-electron chi connectivity index (χ3n) is 3.55. The highest BCUT2D eigenvalue weighted by Crippen LogP contribution is 2.14. The van der Waals surface area contributed by atoms with Crippen LogP contribution in [0.2, 0.25) is 5.02 Å². The van der Waals surface area contributed by atoms with Crippen LogP contribution in [0.4, 0.5) is 5.69 Å². The van der Waals surface area contributed by atoms with Crippen molar-refractivity contribution >= 4 is 38.9 Å². The molecule has 6 nitrogen and oxygen atoms in total. The molecule has 0 heterocycles. The summed E-state index contributed by atoms with van der Waals surface area (Å²) in [6, 6.07) is 13.9. The fourth-order valence-corrected chi connectivity index (χ4v) is 2.98. The normalized spacial score (nSPS) is 12.2. The van der Waals surface area contributed by atoms with E-state index in [0.29, 0.717) is 16.3 Å². The van der Waals surface area contributed by atoms with Crippen molar-refractivity contribution in [1.29, 1.82) is 0 Å². The first-order chi connectivity index (χ1) is 12.2. The number of benzene rings is 2. The summed E-state index contributed by atoms with van der Waals surface area (Å²) in [4.78, 5) is 24.9. The van der Waals surface area contributed by atoms with Gasteiger partial charge in [0.25, 0.3) is 5.91 Å². The number of nitrogens with one attached hydrogen (secondary N) is 2. The van der Waals surface area contributed by atoms with E-state index in [1.54, 1.807) is 54.6 Å². The van der Waals surface area contributed by atoms with Crippen molar-refractivity contribution in [1.82, 2.24) is 5.32 Å². The predicted molar refractivity (Wildman–Crippen MR) is 102 cm³/mol. The van der Waals surface area contributed by atoms with Crippen LogP contribution in [0, 0.1) is 0 Å². The van der Waals surface area contributed by atoms with Crippen molar-refractivity contribution in [3.8, 4) is 0 Å². The first-order valence-corrected chi connectivity index (χ1v) is 10.3. The molecule has 8 heteroatoms. The Bertz CT molecular complexity index is 868. The Balaban J connectivity index is 2.12. The van der Waals surface area contributed by atoms with E-state index in [1.165, 1.54) is 0 Å². The monoisotopic (exact) mass is 394 g/mol. The summed E-state index contributed by atoms with van der Waals surface area (Å²) in [5.74, 6) is -1.17. The zero-order chi connectivity index (χ0) is 19.2. The maximum Gasteiger partial charge on any atom is 0.251 e. The average molecular weight is 395 g/mol. The second kappa shape index (κ2) is 8.82. The van der Waals surface area contributed by atoms with E-state index in [9.17, 15) is 18.0 Å². The van der Waals surface area contributed by atoms with Gasteiger partial charge in [0.1, 0.15) is 15.9 Å². The second-order valence-electron chi connectivity index (χ2n) is 5.81. The lowest BCUT2D eigenvalue weighted by Crippen LogP contribution is -2.44. The van der Waals surface area contributed by atoms with Gasteiger partial charge in [-0.1, -0.05) is 29.8 Å². The molecule has 0 saturated carbocycles. The molecule has 0 aliphatic rings. The minimum absolute atomic E-state index is 0.0309. The van der Waals surface area contributed by atoms with Crippen LogP contribution in [0.1, 0.15) is 16.8 Å². The standard InChI is InChI=1S/C18H19ClN2O4S/c1-26(24,25)12-11-16(21-17(22)13-5-3-2-4-6-13)18(23)20-15-9-7-14(19)8-10-15/h2-10,16H,11-12H2,1H3,(H,20,23)(H,21,22)/t16-/m1/s1. The number of carbonyl (C=O) groups is 2. The Hall–Kier alpha value is -2.38. The van der Waals surface area contributed by atoms with Crippen LogP contribution in [0.25, 0.3) is 0 Å². The fraction of sp³-hybridized carbons (Fsp3) is 0.222. The minimum atomic E-state index is -3.28. The molecule has 0 radical (unpaired) electrons. The Morgan fingerprint density at radius 3 is 2.23 bits per heavy atom. The van der Waals surface area contributed by atoms with Crippen molar-refractivity contribution in [3.63, 3.8) is 0 Å². The molecule has 2 aromatic rings. The lowest BCUT2D eigenvalue weighted by atomic mass is 10.1. The van der Waals surface area contributed by atoms with Crippen LogP contribution >= 0.6 is 11.6 Å². The predicted octanol–water partition coefficient (Wildman–Crippen LogP) is 2.51. The summed E-state index contributed by atoms with van der Waals surface area (Å²) in [5, 5.41) is 5.77. The quantitative estimate of drug-likeness (QED) is 0.754. The smallest absolute Gasteiger partial charge is 0.251 e. The van der Waals surface area contributed by atoms with Crippen molar-refractivity contribution in [2.24, 2.45) is 0 Å². The van der Waals surface area contributed by atoms with E-state index >= 15 is 0 Å². The van der Waals surface area contributed by atoms with Crippen molar-refractivity contribution in [2.75, 3.05) is 17.3 Å². The Morgan fingerprint density at radius 2 is 1.65 bits per heavy atom. The molecule has 0 unspecified atom stereocenters. The third kappa shape index (κ3) is 6.50. The van der Waals surface area contributed by atoms with Crippen LogP contribution in [0.5, 0.6) is 0 Å². The molecule has 0 saturated heterocycles. The van der Waals surface area contributed by atoms with Gasteiger partial charge in [-0.25, -0.2) is 8.42 Å². The summed E-state index contributed by atoms with van der Waals surface area (Å²) < 4.78 is 22.9. The zero-order valence-electron chi connectivity index (χ0n) is 14.1. The van der Waals surface area contributed by atoms with Crippen LogP contribution in [0.3, 0.4) is 0 Å². The van der Waals surface area contributed by atoms with Gasteiger partial charge < -0.3 is 10.6 Å². The van der Waals surface area contributed by atoms with E-state index in [-0.39, 0.29) is 12.2 Å². The molecular weight excluding hydrogens is 376 g/mol. The molecule has 0 aliphatic carbocycles. The van der Waals surface area contributed by atoms with Gasteiger partial charge in [-0.3, -0.25) is 9.59 Å². The highest BCUT2D eigenvalue weighted by atomic mass is 35.5. The number of sulfone groups is 1. The maximum absolute atomic E-state index is 12.5. The van der Waals surface area contributed by atoms with Gasteiger partial charge in [0.2, 0.25) is 5.91 Å². The molecule has 1 atom stereocenters. The van der Waals surface area contributed by atoms with Gasteiger partial charge in [-0.05, 0) is 42.8 Å². The summed E-state index contributed by atoms with van der Waals surface area (Å²) >= 11 is 5.81. The SMILES string of the molecule is CS(=O)(=O)CC[C@@H](NC(=O)c1ccccc1)C(=O)Nc1ccc(Cl)cc1. The highest BCUT2D eigenvalue weighted by Gasteiger charge is 2.23. The molecule has 26 heavy (non-hydrogen) atoms. The lowest BCUT2D eigenvalue weighted by Gasteiger charge is -2.18. The van der Waals surface area contributed by atoms with Gasteiger partial charge in [0, 0.05) is 22.5 Å².